The topological polar surface area (TPSA) is 108 Å². The third kappa shape index (κ3) is 3.99. The zero-order valence-corrected chi connectivity index (χ0v) is 9.94. The van der Waals surface area contributed by atoms with Crippen LogP contribution < -0.4 is 16.0 Å². The van der Waals surface area contributed by atoms with Crippen LogP contribution in [0.2, 0.25) is 0 Å². The van der Waals surface area contributed by atoms with Crippen molar-refractivity contribution in [2.45, 2.75) is 37.8 Å². The number of carboxylic acid groups (broad SMARTS) is 1. The first-order chi connectivity index (χ1) is 8.56. The zero-order valence-electron chi connectivity index (χ0n) is 9.94. The minimum atomic E-state index is -0.951. The summed E-state index contributed by atoms with van der Waals surface area (Å²) in [5.41, 5.74) is 0. The van der Waals surface area contributed by atoms with Gasteiger partial charge in [-0.15, -0.1) is 0 Å². The molecule has 0 radical (unpaired) electrons. The van der Waals surface area contributed by atoms with Gasteiger partial charge in [0, 0.05) is 6.04 Å². The lowest BCUT2D eigenvalue weighted by atomic mass is 10.2. The Bertz CT molecular complexity index is 363. The Hall–Kier alpha value is -1.63. The monoisotopic (exact) mass is 255 g/mol. The van der Waals surface area contributed by atoms with Crippen LogP contribution >= 0.6 is 0 Å². The molecule has 0 spiro atoms. The van der Waals surface area contributed by atoms with E-state index in [-0.39, 0.29) is 18.5 Å². The highest BCUT2D eigenvalue weighted by Gasteiger charge is 2.36. The van der Waals surface area contributed by atoms with E-state index in [0.717, 1.165) is 25.7 Å². The number of rotatable bonds is 6. The van der Waals surface area contributed by atoms with Gasteiger partial charge in [-0.3, -0.25) is 20.2 Å². The van der Waals surface area contributed by atoms with Crippen molar-refractivity contribution in [1.29, 1.82) is 0 Å². The summed E-state index contributed by atoms with van der Waals surface area (Å²) < 4.78 is 0. The number of imide groups is 1. The summed E-state index contributed by atoms with van der Waals surface area (Å²) in [5.74, 6) is -1.36. The second kappa shape index (κ2) is 5.34. The predicted octanol–water partition coefficient (Wildman–Crippen LogP) is -0.573. The molecule has 2 rings (SSSR count). The molecule has 0 saturated heterocycles. The highest BCUT2D eigenvalue weighted by atomic mass is 16.4. The van der Waals surface area contributed by atoms with Crippen LogP contribution in [0, 0.1) is 5.92 Å². The quantitative estimate of drug-likeness (QED) is 0.508. The molecule has 0 heterocycles. The van der Waals surface area contributed by atoms with Crippen LogP contribution in [-0.2, 0) is 9.59 Å². The van der Waals surface area contributed by atoms with Crippen LogP contribution in [-0.4, -0.2) is 41.6 Å². The number of nitrogens with one attached hydrogen (secondary N) is 3. The summed E-state index contributed by atoms with van der Waals surface area (Å²) in [7, 11) is 0. The molecule has 18 heavy (non-hydrogen) atoms. The van der Waals surface area contributed by atoms with Gasteiger partial charge >= 0.3 is 12.0 Å². The normalized spacial score (nSPS) is 20.0. The number of aliphatic carboxylic acids is 1. The maximum absolute atomic E-state index is 11.4. The fraction of sp³-hybridized carbons (Fsp3) is 0.727. The average Bonchev–Trinajstić information content (AvgIpc) is 3.09. The molecular formula is C11H17N3O4. The number of amides is 3. The molecule has 100 valence electrons. The van der Waals surface area contributed by atoms with E-state index in [9.17, 15) is 14.4 Å². The van der Waals surface area contributed by atoms with E-state index in [4.69, 9.17) is 5.11 Å². The van der Waals surface area contributed by atoms with Crippen LogP contribution in [0.4, 0.5) is 4.79 Å². The van der Waals surface area contributed by atoms with E-state index in [0.29, 0.717) is 0 Å². The van der Waals surface area contributed by atoms with E-state index in [1.165, 1.54) is 0 Å². The van der Waals surface area contributed by atoms with Gasteiger partial charge in [0.25, 0.3) is 0 Å². The molecule has 3 amide bonds. The molecule has 2 fully saturated rings. The standard InChI is InChI=1S/C11H17N3O4/c15-8(14-11(18)13-7-3-4-7)5-12-9(10(16)17)6-1-2-6/h6-7,9,12H,1-5H2,(H,16,17)(H2,13,14,15,18). The third-order valence-electron chi connectivity index (χ3n) is 3.01. The summed E-state index contributed by atoms with van der Waals surface area (Å²) in [6.45, 7) is -0.161. The molecule has 0 aromatic rings. The van der Waals surface area contributed by atoms with E-state index >= 15 is 0 Å². The van der Waals surface area contributed by atoms with Crippen molar-refractivity contribution in [2.75, 3.05) is 6.54 Å². The molecule has 1 atom stereocenters. The minimum absolute atomic E-state index is 0.107. The lowest BCUT2D eigenvalue weighted by Gasteiger charge is -2.13. The molecule has 1 unspecified atom stereocenters. The van der Waals surface area contributed by atoms with Crippen molar-refractivity contribution >= 4 is 17.9 Å². The second-order valence-corrected chi connectivity index (χ2v) is 4.83. The van der Waals surface area contributed by atoms with Crippen LogP contribution in [0.25, 0.3) is 0 Å². The van der Waals surface area contributed by atoms with Crippen LogP contribution in [0.15, 0.2) is 0 Å². The summed E-state index contributed by atoms with van der Waals surface area (Å²) in [4.78, 5) is 33.5. The van der Waals surface area contributed by atoms with Gasteiger partial charge < -0.3 is 10.4 Å². The van der Waals surface area contributed by atoms with Crippen molar-refractivity contribution < 1.29 is 19.5 Å². The number of carbonyl (C=O) groups excluding carboxylic acids is 2. The fourth-order valence-corrected chi connectivity index (χ4v) is 1.71. The van der Waals surface area contributed by atoms with Gasteiger partial charge in [0.2, 0.25) is 5.91 Å². The minimum Gasteiger partial charge on any atom is -0.480 e. The van der Waals surface area contributed by atoms with Crippen LogP contribution in [0.3, 0.4) is 0 Å². The van der Waals surface area contributed by atoms with Gasteiger partial charge in [-0.05, 0) is 31.6 Å². The van der Waals surface area contributed by atoms with Gasteiger partial charge in [0.15, 0.2) is 0 Å². The number of urea groups is 1. The zero-order chi connectivity index (χ0) is 13.1. The van der Waals surface area contributed by atoms with Crippen molar-refractivity contribution in [3.8, 4) is 0 Å². The molecule has 0 aliphatic heterocycles. The Balaban J connectivity index is 1.66. The highest BCUT2D eigenvalue weighted by molar-refractivity contribution is 5.95. The van der Waals surface area contributed by atoms with E-state index < -0.39 is 23.9 Å². The lowest BCUT2D eigenvalue weighted by Crippen LogP contribution is -2.48. The highest BCUT2D eigenvalue weighted by Crippen LogP contribution is 2.32. The first-order valence-electron chi connectivity index (χ1n) is 6.13. The van der Waals surface area contributed by atoms with E-state index in [2.05, 4.69) is 16.0 Å². The fourth-order valence-electron chi connectivity index (χ4n) is 1.71. The number of hydrogen-bond donors (Lipinski definition) is 4. The van der Waals surface area contributed by atoms with Gasteiger partial charge in [-0.25, -0.2) is 4.79 Å². The van der Waals surface area contributed by atoms with Crippen LogP contribution in [0.1, 0.15) is 25.7 Å². The number of carboxylic acids is 1. The molecule has 2 aliphatic rings. The van der Waals surface area contributed by atoms with Gasteiger partial charge in [-0.2, -0.15) is 0 Å². The SMILES string of the molecule is O=C(CNC(C(=O)O)C1CC1)NC(=O)NC1CC1. The Labute approximate surface area is 104 Å². The van der Waals surface area contributed by atoms with Crippen molar-refractivity contribution in [1.82, 2.24) is 16.0 Å². The summed E-state index contributed by atoms with van der Waals surface area (Å²) in [6.07, 6.45) is 3.63. The predicted molar refractivity (Wildman–Crippen MR) is 61.8 cm³/mol. The first kappa shape index (κ1) is 12.8. The maximum Gasteiger partial charge on any atom is 0.321 e. The number of carbonyl (C=O) groups is 3. The van der Waals surface area contributed by atoms with Crippen LogP contribution in [0.5, 0.6) is 0 Å². The number of hydrogen-bond acceptors (Lipinski definition) is 4. The molecule has 2 aliphatic carbocycles. The molecule has 0 bridgehead atoms. The molecular weight excluding hydrogens is 238 g/mol. The first-order valence-corrected chi connectivity index (χ1v) is 6.13. The molecule has 7 nitrogen and oxygen atoms in total. The van der Waals surface area contributed by atoms with Gasteiger partial charge in [0.1, 0.15) is 6.04 Å². The summed E-state index contributed by atoms with van der Waals surface area (Å²) in [6, 6.07) is -1.02. The Morgan fingerprint density at radius 1 is 1.17 bits per heavy atom. The smallest absolute Gasteiger partial charge is 0.321 e. The molecule has 2 saturated carbocycles. The molecule has 0 aromatic carbocycles. The molecule has 7 heteroatoms. The average molecular weight is 255 g/mol. The third-order valence-corrected chi connectivity index (χ3v) is 3.01. The van der Waals surface area contributed by atoms with E-state index in [1.807, 2.05) is 0 Å². The lowest BCUT2D eigenvalue weighted by molar-refractivity contribution is -0.140. The Morgan fingerprint density at radius 2 is 1.83 bits per heavy atom. The van der Waals surface area contributed by atoms with Gasteiger partial charge in [0.05, 0.1) is 6.54 Å². The molecule has 4 N–H and O–H groups in total. The summed E-state index contributed by atoms with van der Waals surface area (Å²) in [5, 5.41) is 16.4. The van der Waals surface area contributed by atoms with Crippen molar-refractivity contribution in [3.05, 3.63) is 0 Å². The summed E-state index contributed by atoms with van der Waals surface area (Å²) >= 11 is 0. The maximum atomic E-state index is 11.4. The molecule has 0 aromatic heterocycles. The second-order valence-electron chi connectivity index (χ2n) is 4.83. The van der Waals surface area contributed by atoms with Crippen molar-refractivity contribution in [3.63, 3.8) is 0 Å². The van der Waals surface area contributed by atoms with E-state index in [1.54, 1.807) is 0 Å². The largest absolute Gasteiger partial charge is 0.480 e. The van der Waals surface area contributed by atoms with Crippen molar-refractivity contribution in [2.24, 2.45) is 5.92 Å². The Kier molecular flexibility index (Phi) is 3.81. The Morgan fingerprint density at radius 3 is 2.33 bits per heavy atom. The van der Waals surface area contributed by atoms with Gasteiger partial charge in [-0.1, -0.05) is 0 Å².